The van der Waals surface area contributed by atoms with Gasteiger partial charge in [0.25, 0.3) is 0 Å². The summed E-state index contributed by atoms with van der Waals surface area (Å²) in [7, 11) is 4.45. The predicted molar refractivity (Wildman–Crippen MR) is 243 cm³/mol. The lowest BCUT2D eigenvalue weighted by molar-refractivity contribution is -0.138. The minimum absolute atomic E-state index is 0.0264. The average Bonchev–Trinajstić information content (AvgIpc) is 4.14. The zero-order chi connectivity index (χ0) is 46.1. The number of rotatable bonds is 14. The molecule has 17 heteroatoms. The minimum Gasteiger partial charge on any atom is -0.488 e. The molecule has 65 heavy (non-hydrogen) atoms. The molecule has 2 fully saturated rings. The molecule has 0 saturated carbocycles. The van der Waals surface area contributed by atoms with Gasteiger partial charge in [0.2, 0.25) is 11.8 Å². The van der Waals surface area contributed by atoms with Gasteiger partial charge in [-0.25, -0.2) is 19.6 Å². The molecule has 8 rings (SSSR count). The summed E-state index contributed by atoms with van der Waals surface area (Å²) in [6, 6.07) is 12.2. The highest BCUT2D eigenvalue weighted by Gasteiger charge is 2.44. The highest BCUT2D eigenvalue weighted by molar-refractivity contribution is 6.07. The fraction of sp³-hybridized carbons (Fsp3) is 0.500. The number of nitrogens with zero attached hydrogens (tertiary/aromatic N) is 4. The smallest absolute Gasteiger partial charge is 0.407 e. The van der Waals surface area contributed by atoms with Crippen LogP contribution >= 0.6 is 0 Å². The number of imidazole rings is 2. The molecule has 2 aromatic heterocycles. The van der Waals surface area contributed by atoms with Crippen molar-refractivity contribution in [2.45, 2.75) is 103 Å². The van der Waals surface area contributed by atoms with Gasteiger partial charge < -0.3 is 54.1 Å². The predicted octanol–water partition coefficient (Wildman–Crippen LogP) is 7.17. The first kappa shape index (κ1) is 45.4. The van der Waals surface area contributed by atoms with Crippen molar-refractivity contribution in [3.8, 4) is 28.1 Å². The molecule has 3 aliphatic heterocycles. The normalized spacial score (nSPS) is 20.6. The standard InChI is InChI=1S/C48H60N8O9/c1-9-31-13-16-37(56(31)46(58)40(25(3)4)53-47(59)63-8)43-49-21-36(51-43)29-11-14-32-30(18-29)24-65-39-20-33-28(19-34(32)39)12-15-35-42(33)52-44(50-35)38-17-27(23-61-6)22-55(38)45(57)41(26(5)62-7)54-48(60)64-10-2/h11-12,14-15,18-21,25-27,31,37-38,40-41H,9-10,13,16-17,22-24H2,1-8H3,(H,49,51)(H,50,52)(H,53,59)(H,54,60)/t26-,27+,31+,37+,38+,40+,41-/m1/s1. The summed E-state index contributed by atoms with van der Waals surface area (Å²) < 4.78 is 27.5. The molecule has 0 bridgehead atoms. The lowest BCUT2D eigenvalue weighted by atomic mass is 9.92. The molecule has 3 aromatic carbocycles. The van der Waals surface area contributed by atoms with Gasteiger partial charge in [0.1, 0.15) is 36.1 Å². The van der Waals surface area contributed by atoms with Crippen LogP contribution in [0.5, 0.6) is 5.75 Å². The molecule has 5 heterocycles. The molecule has 4 amide bonds. The molecule has 5 aromatic rings. The van der Waals surface area contributed by atoms with Crippen LogP contribution in [0.4, 0.5) is 9.59 Å². The Bertz CT molecular complexity index is 2570. The van der Waals surface area contributed by atoms with E-state index in [1.165, 1.54) is 14.2 Å². The number of benzene rings is 3. The first-order valence-electron chi connectivity index (χ1n) is 22.6. The largest absolute Gasteiger partial charge is 0.488 e. The van der Waals surface area contributed by atoms with Crippen molar-refractivity contribution in [3.05, 3.63) is 65.9 Å². The SMILES string of the molecule is CCOC(=O)N[C@@H](C(=O)N1C[C@@H](COC)C[C@H]1c1nc2c(ccc3cc4c(cc32)OCc2cc(-c3cnc([C@@H]5CC[C@H](CC)N5C(=O)[C@@H](NC(=O)OC)C(C)C)[nH]3)ccc2-4)[nH]1)[C@@H](C)OC. The Morgan fingerprint density at radius 3 is 2.42 bits per heavy atom. The van der Waals surface area contributed by atoms with E-state index in [0.717, 1.165) is 74.8 Å². The molecular weight excluding hydrogens is 833 g/mol. The number of aromatic amines is 2. The fourth-order valence-electron chi connectivity index (χ4n) is 9.81. The number of carbonyl (C=O) groups excluding carboxylic acids is 4. The molecule has 0 aliphatic carbocycles. The second-order valence-corrected chi connectivity index (χ2v) is 17.6. The van der Waals surface area contributed by atoms with Gasteiger partial charge in [0, 0.05) is 43.7 Å². The number of nitrogens with one attached hydrogen (secondary N) is 4. The van der Waals surface area contributed by atoms with Gasteiger partial charge in [-0.1, -0.05) is 39.0 Å². The van der Waals surface area contributed by atoms with Gasteiger partial charge in [-0.3, -0.25) is 9.59 Å². The fourth-order valence-corrected chi connectivity index (χ4v) is 9.81. The van der Waals surface area contributed by atoms with Crippen molar-refractivity contribution in [3.63, 3.8) is 0 Å². The van der Waals surface area contributed by atoms with E-state index >= 15 is 0 Å². The van der Waals surface area contributed by atoms with Gasteiger partial charge in [-0.2, -0.15) is 0 Å². The van der Waals surface area contributed by atoms with E-state index in [-0.39, 0.29) is 42.3 Å². The van der Waals surface area contributed by atoms with E-state index in [2.05, 4.69) is 57.9 Å². The Labute approximate surface area is 378 Å². The van der Waals surface area contributed by atoms with Crippen molar-refractivity contribution < 1.29 is 42.9 Å². The topological polar surface area (TPSA) is 202 Å². The molecule has 3 aliphatic rings. The van der Waals surface area contributed by atoms with Crippen LogP contribution in [0.15, 0.2) is 48.7 Å². The van der Waals surface area contributed by atoms with Gasteiger partial charge in [-0.15, -0.1) is 0 Å². The summed E-state index contributed by atoms with van der Waals surface area (Å²) in [6.45, 7) is 10.8. The Morgan fingerprint density at radius 1 is 0.892 bits per heavy atom. The molecule has 2 saturated heterocycles. The third-order valence-electron chi connectivity index (χ3n) is 13.3. The maximum atomic E-state index is 14.2. The van der Waals surface area contributed by atoms with Crippen LogP contribution in [0.3, 0.4) is 0 Å². The zero-order valence-electron chi connectivity index (χ0n) is 38.4. The number of H-pyrrole nitrogens is 2. The number of hydrogen-bond acceptors (Lipinski definition) is 11. The van der Waals surface area contributed by atoms with Crippen LogP contribution in [0.2, 0.25) is 0 Å². The maximum Gasteiger partial charge on any atom is 0.407 e. The number of hydrogen-bond donors (Lipinski definition) is 4. The van der Waals surface area contributed by atoms with Crippen LogP contribution in [0.1, 0.15) is 89.6 Å². The van der Waals surface area contributed by atoms with E-state index in [4.69, 9.17) is 33.7 Å². The molecule has 0 spiro atoms. The molecule has 17 nitrogen and oxygen atoms in total. The first-order chi connectivity index (χ1) is 31.4. The Balaban J connectivity index is 1.05. The third-order valence-corrected chi connectivity index (χ3v) is 13.3. The second kappa shape index (κ2) is 19.1. The van der Waals surface area contributed by atoms with Crippen LogP contribution in [0.25, 0.3) is 44.2 Å². The van der Waals surface area contributed by atoms with E-state index < -0.39 is 36.4 Å². The van der Waals surface area contributed by atoms with E-state index in [1.807, 2.05) is 37.1 Å². The number of amides is 4. The zero-order valence-corrected chi connectivity index (χ0v) is 38.4. The summed E-state index contributed by atoms with van der Waals surface area (Å²) in [4.78, 5) is 73.6. The Hall–Kier alpha value is -6.20. The first-order valence-corrected chi connectivity index (χ1v) is 22.6. The van der Waals surface area contributed by atoms with Gasteiger partial charge in [0.15, 0.2) is 0 Å². The van der Waals surface area contributed by atoms with Crippen LogP contribution < -0.4 is 15.4 Å². The summed E-state index contributed by atoms with van der Waals surface area (Å²) in [5.74, 6) is 1.59. The van der Waals surface area contributed by atoms with Crippen molar-refractivity contribution in [1.29, 1.82) is 0 Å². The number of aromatic nitrogens is 4. The van der Waals surface area contributed by atoms with E-state index in [0.29, 0.717) is 37.8 Å². The monoisotopic (exact) mass is 892 g/mol. The third kappa shape index (κ3) is 8.83. The van der Waals surface area contributed by atoms with Crippen molar-refractivity contribution in [2.24, 2.45) is 11.8 Å². The number of carbonyl (C=O) groups is 4. The molecule has 0 unspecified atom stereocenters. The number of ether oxygens (including phenoxy) is 5. The molecular formula is C48H60N8O9. The summed E-state index contributed by atoms with van der Waals surface area (Å²) in [6.07, 6.45) is 2.89. The lowest BCUT2D eigenvalue weighted by Gasteiger charge is -2.34. The number of methoxy groups -OCH3 is 3. The van der Waals surface area contributed by atoms with Crippen LogP contribution in [-0.2, 0) is 35.1 Å². The van der Waals surface area contributed by atoms with Crippen LogP contribution in [-0.4, -0.2) is 119 Å². The van der Waals surface area contributed by atoms with Crippen molar-refractivity contribution >= 4 is 45.8 Å². The molecule has 4 N–H and O–H groups in total. The van der Waals surface area contributed by atoms with E-state index in [1.54, 1.807) is 25.9 Å². The quantitative estimate of drug-likeness (QED) is 0.0880. The second-order valence-electron chi connectivity index (χ2n) is 17.6. The number of likely N-dealkylation sites (tertiary alicyclic amines) is 2. The van der Waals surface area contributed by atoms with E-state index in [9.17, 15) is 19.2 Å². The average molecular weight is 893 g/mol. The lowest BCUT2D eigenvalue weighted by Crippen LogP contribution is -2.54. The van der Waals surface area contributed by atoms with Gasteiger partial charge in [0.05, 0.1) is 61.4 Å². The van der Waals surface area contributed by atoms with Crippen molar-refractivity contribution in [2.75, 3.05) is 41.1 Å². The highest BCUT2D eigenvalue weighted by atomic mass is 16.6. The number of alkyl carbamates (subject to hydrolysis) is 2. The Morgan fingerprint density at radius 2 is 1.69 bits per heavy atom. The van der Waals surface area contributed by atoms with Crippen LogP contribution in [0, 0.1) is 11.8 Å². The summed E-state index contributed by atoms with van der Waals surface area (Å²) in [5.41, 5.74) is 6.44. The minimum atomic E-state index is -0.969. The van der Waals surface area contributed by atoms with Gasteiger partial charge >= 0.3 is 12.2 Å². The highest BCUT2D eigenvalue weighted by Crippen LogP contribution is 2.44. The number of fused-ring (bicyclic) bond motifs is 6. The Kier molecular flexibility index (Phi) is 13.3. The van der Waals surface area contributed by atoms with Gasteiger partial charge in [-0.05, 0) is 91.8 Å². The molecule has 7 atom stereocenters. The summed E-state index contributed by atoms with van der Waals surface area (Å²) in [5, 5.41) is 7.36. The molecule has 0 radical (unpaired) electrons. The molecule has 346 valence electrons. The maximum absolute atomic E-state index is 14.2. The summed E-state index contributed by atoms with van der Waals surface area (Å²) >= 11 is 0. The van der Waals surface area contributed by atoms with Crippen molar-refractivity contribution in [1.82, 2.24) is 40.4 Å².